The van der Waals surface area contributed by atoms with E-state index < -0.39 is 19.8 Å². The first-order valence-electron chi connectivity index (χ1n) is 4.74. The number of ether oxygens (including phenoxy) is 2. The Kier molecular flexibility index (Phi) is 3.37. The standard InChI is InChI=1S/C10H10O5P/c11-10-13-6-9(7-14-10)16(12)15-8-4-2-1-3-5-8/h1-5,9H,6-7H2/q+1. The third kappa shape index (κ3) is 2.70. The molecule has 1 heterocycles. The lowest BCUT2D eigenvalue weighted by Crippen LogP contribution is -2.30. The molecular formula is C10H10O5P+. The number of benzene rings is 1. The molecule has 1 saturated heterocycles. The van der Waals surface area contributed by atoms with Crippen molar-refractivity contribution in [3.63, 3.8) is 0 Å². The summed E-state index contributed by atoms with van der Waals surface area (Å²) in [7, 11) is -1.95. The molecule has 1 atom stereocenters. The summed E-state index contributed by atoms with van der Waals surface area (Å²) >= 11 is 0. The first-order chi connectivity index (χ1) is 7.75. The largest absolute Gasteiger partial charge is 0.566 e. The molecule has 0 aliphatic carbocycles. The van der Waals surface area contributed by atoms with Gasteiger partial charge in [0.1, 0.15) is 13.2 Å². The monoisotopic (exact) mass is 241 g/mol. The molecule has 0 aromatic heterocycles. The Morgan fingerprint density at radius 3 is 2.44 bits per heavy atom. The molecule has 0 saturated carbocycles. The molecule has 84 valence electrons. The highest BCUT2D eigenvalue weighted by Gasteiger charge is 2.40. The minimum Gasteiger partial charge on any atom is -0.429 e. The maximum Gasteiger partial charge on any atom is 0.566 e. The van der Waals surface area contributed by atoms with Crippen LogP contribution in [-0.4, -0.2) is 25.0 Å². The fourth-order valence-corrected chi connectivity index (χ4v) is 2.07. The molecule has 0 bridgehead atoms. The van der Waals surface area contributed by atoms with Gasteiger partial charge in [-0.05, 0) is 16.7 Å². The SMILES string of the molecule is O=C1OCC([P+](=O)Oc2ccccc2)CO1. The number of hydrogen-bond acceptors (Lipinski definition) is 5. The van der Waals surface area contributed by atoms with Crippen molar-refractivity contribution in [3.8, 4) is 5.75 Å². The summed E-state index contributed by atoms with van der Waals surface area (Å²) in [6.45, 7) is 0.141. The van der Waals surface area contributed by atoms with Gasteiger partial charge in [-0.1, -0.05) is 18.2 Å². The van der Waals surface area contributed by atoms with Crippen LogP contribution in [0.25, 0.3) is 0 Å². The van der Waals surface area contributed by atoms with Crippen LogP contribution >= 0.6 is 8.03 Å². The van der Waals surface area contributed by atoms with Gasteiger partial charge in [0, 0.05) is 0 Å². The highest BCUT2D eigenvalue weighted by molar-refractivity contribution is 7.40. The van der Waals surface area contributed by atoms with Gasteiger partial charge in [0.15, 0.2) is 5.75 Å². The predicted molar refractivity (Wildman–Crippen MR) is 55.8 cm³/mol. The summed E-state index contributed by atoms with van der Waals surface area (Å²) < 4.78 is 26.2. The van der Waals surface area contributed by atoms with Gasteiger partial charge >= 0.3 is 14.2 Å². The average molecular weight is 241 g/mol. The maximum absolute atomic E-state index is 11.7. The maximum atomic E-state index is 11.7. The van der Waals surface area contributed by atoms with Crippen molar-refractivity contribution < 1.29 is 23.4 Å². The molecule has 1 fully saturated rings. The first-order valence-corrected chi connectivity index (χ1v) is 5.99. The molecule has 0 N–H and O–H groups in total. The van der Waals surface area contributed by atoms with Crippen LogP contribution in [0, 0.1) is 0 Å². The van der Waals surface area contributed by atoms with Gasteiger partial charge in [-0.3, -0.25) is 4.52 Å². The summed E-state index contributed by atoms with van der Waals surface area (Å²) in [4.78, 5) is 10.6. The van der Waals surface area contributed by atoms with Gasteiger partial charge in [-0.15, -0.1) is 0 Å². The lowest BCUT2D eigenvalue weighted by molar-refractivity contribution is 0.0205. The van der Waals surface area contributed by atoms with Crippen LogP contribution in [-0.2, 0) is 14.0 Å². The normalized spacial score (nSPS) is 17.2. The van der Waals surface area contributed by atoms with Crippen molar-refractivity contribution in [3.05, 3.63) is 30.3 Å². The highest BCUT2D eigenvalue weighted by atomic mass is 31.1. The molecule has 1 aromatic carbocycles. The Bertz CT molecular complexity index is 381. The number of cyclic esters (lactones) is 2. The molecule has 1 aliphatic rings. The van der Waals surface area contributed by atoms with Crippen LogP contribution in [0.3, 0.4) is 0 Å². The molecule has 1 aliphatic heterocycles. The molecule has 1 aromatic rings. The number of para-hydroxylation sites is 1. The molecule has 1 unspecified atom stereocenters. The van der Waals surface area contributed by atoms with E-state index in [1.807, 2.05) is 6.07 Å². The van der Waals surface area contributed by atoms with E-state index in [9.17, 15) is 9.36 Å². The van der Waals surface area contributed by atoms with Crippen LogP contribution in [0.2, 0.25) is 0 Å². The van der Waals surface area contributed by atoms with Crippen LogP contribution in [0.1, 0.15) is 0 Å². The van der Waals surface area contributed by atoms with Crippen molar-refractivity contribution in [1.29, 1.82) is 0 Å². The Labute approximate surface area is 93.2 Å². The Balaban J connectivity index is 1.91. The minimum atomic E-state index is -1.95. The van der Waals surface area contributed by atoms with E-state index in [1.165, 1.54) is 0 Å². The van der Waals surface area contributed by atoms with E-state index >= 15 is 0 Å². The van der Waals surface area contributed by atoms with E-state index in [0.29, 0.717) is 5.75 Å². The van der Waals surface area contributed by atoms with Gasteiger partial charge in [-0.25, -0.2) is 4.79 Å². The third-order valence-corrected chi connectivity index (χ3v) is 3.31. The molecule has 0 radical (unpaired) electrons. The van der Waals surface area contributed by atoms with Crippen molar-refractivity contribution in [2.45, 2.75) is 5.66 Å². The Hall–Kier alpha value is -1.61. The van der Waals surface area contributed by atoms with Gasteiger partial charge in [0.2, 0.25) is 0 Å². The lowest BCUT2D eigenvalue weighted by atomic mass is 10.3. The predicted octanol–water partition coefficient (Wildman–Crippen LogP) is 2.34. The average Bonchev–Trinajstić information content (AvgIpc) is 2.31. The zero-order valence-electron chi connectivity index (χ0n) is 8.37. The Morgan fingerprint density at radius 1 is 1.19 bits per heavy atom. The number of rotatable bonds is 3. The molecular weight excluding hydrogens is 231 g/mol. The fourth-order valence-electron chi connectivity index (χ4n) is 1.20. The van der Waals surface area contributed by atoms with Crippen molar-refractivity contribution in [1.82, 2.24) is 0 Å². The Morgan fingerprint density at radius 2 is 1.81 bits per heavy atom. The summed E-state index contributed by atoms with van der Waals surface area (Å²) in [5.74, 6) is 0.528. The highest BCUT2D eigenvalue weighted by Crippen LogP contribution is 2.33. The minimum absolute atomic E-state index is 0.0703. The summed E-state index contributed by atoms with van der Waals surface area (Å²) in [6, 6.07) is 8.84. The number of carbonyl (C=O) groups excluding carboxylic acids is 1. The van der Waals surface area contributed by atoms with Gasteiger partial charge in [0.05, 0.1) is 0 Å². The zero-order valence-corrected chi connectivity index (χ0v) is 9.26. The van der Waals surface area contributed by atoms with E-state index in [1.54, 1.807) is 24.3 Å². The van der Waals surface area contributed by atoms with Crippen LogP contribution in [0.4, 0.5) is 4.79 Å². The smallest absolute Gasteiger partial charge is 0.429 e. The van der Waals surface area contributed by atoms with E-state index in [4.69, 9.17) is 4.52 Å². The van der Waals surface area contributed by atoms with Gasteiger partial charge < -0.3 is 9.47 Å². The van der Waals surface area contributed by atoms with Gasteiger partial charge in [0.25, 0.3) is 5.66 Å². The molecule has 16 heavy (non-hydrogen) atoms. The summed E-state index contributed by atoms with van der Waals surface area (Å²) in [5, 5.41) is 0. The van der Waals surface area contributed by atoms with Crippen LogP contribution < -0.4 is 4.52 Å². The lowest BCUT2D eigenvalue weighted by Gasteiger charge is -2.13. The van der Waals surface area contributed by atoms with E-state index in [-0.39, 0.29) is 13.2 Å². The van der Waals surface area contributed by atoms with Crippen molar-refractivity contribution in [2.24, 2.45) is 0 Å². The molecule has 2 rings (SSSR count). The van der Waals surface area contributed by atoms with E-state index in [2.05, 4.69) is 9.47 Å². The van der Waals surface area contributed by atoms with Crippen LogP contribution in [0.5, 0.6) is 5.75 Å². The van der Waals surface area contributed by atoms with Gasteiger partial charge in [-0.2, -0.15) is 0 Å². The second kappa shape index (κ2) is 4.94. The second-order valence-electron chi connectivity index (χ2n) is 3.22. The molecule has 0 amide bonds. The fraction of sp³-hybridized carbons (Fsp3) is 0.300. The molecule has 0 spiro atoms. The molecule has 5 nitrogen and oxygen atoms in total. The summed E-state index contributed by atoms with van der Waals surface area (Å²) in [5.41, 5.74) is -0.409. The second-order valence-corrected chi connectivity index (χ2v) is 4.70. The number of hydrogen-bond donors (Lipinski definition) is 0. The zero-order chi connectivity index (χ0) is 11.4. The van der Waals surface area contributed by atoms with Crippen LogP contribution in [0.15, 0.2) is 30.3 Å². The van der Waals surface area contributed by atoms with Crippen molar-refractivity contribution >= 4 is 14.2 Å². The summed E-state index contributed by atoms with van der Waals surface area (Å²) in [6.07, 6.45) is -0.723. The topological polar surface area (TPSA) is 61.8 Å². The first kappa shape index (κ1) is 10.9. The quantitative estimate of drug-likeness (QED) is 0.600. The van der Waals surface area contributed by atoms with Crippen molar-refractivity contribution in [2.75, 3.05) is 13.2 Å². The van der Waals surface area contributed by atoms with E-state index in [0.717, 1.165) is 0 Å². The third-order valence-electron chi connectivity index (χ3n) is 2.02. The number of carbonyl (C=O) groups is 1. The molecule has 6 heteroatoms.